The van der Waals surface area contributed by atoms with Crippen LogP contribution in [0.3, 0.4) is 0 Å². The molecular weight excluding hydrogens is 258 g/mol. The van der Waals surface area contributed by atoms with E-state index < -0.39 is 9.76 Å². The standard InChI is InChI=1S/C10H7Cl3O2/c11-10(12,13)8-4-1-7(2-5-8)3-6-9(14)15/h1-6H,(H,14,15). The number of hydrogen-bond acceptors (Lipinski definition) is 1. The molecule has 1 aromatic carbocycles. The Kier molecular flexibility index (Phi) is 4.03. The fraction of sp³-hybridized carbons (Fsp3) is 0.100. The highest BCUT2D eigenvalue weighted by molar-refractivity contribution is 6.66. The molecule has 0 heterocycles. The molecule has 0 bridgehead atoms. The molecule has 15 heavy (non-hydrogen) atoms. The molecule has 0 spiro atoms. The second kappa shape index (κ2) is 4.88. The smallest absolute Gasteiger partial charge is 0.328 e. The van der Waals surface area contributed by atoms with Gasteiger partial charge in [-0.3, -0.25) is 0 Å². The SMILES string of the molecule is O=C(O)C=Cc1ccc(C(Cl)(Cl)Cl)cc1. The van der Waals surface area contributed by atoms with E-state index >= 15 is 0 Å². The molecule has 0 aromatic heterocycles. The minimum atomic E-state index is -1.45. The molecule has 0 aliphatic rings. The van der Waals surface area contributed by atoms with Gasteiger partial charge in [0.2, 0.25) is 3.79 Å². The van der Waals surface area contributed by atoms with E-state index in [9.17, 15) is 4.79 Å². The molecule has 0 saturated carbocycles. The summed E-state index contributed by atoms with van der Waals surface area (Å²) in [6.07, 6.45) is 2.51. The van der Waals surface area contributed by atoms with Gasteiger partial charge in [0.05, 0.1) is 0 Å². The average Bonchev–Trinajstić information content (AvgIpc) is 2.14. The monoisotopic (exact) mass is 264 g/mol. The summed E-state index contributed by atoms with van der Waals surface area (Å²) < 4.78 is -1.45. The molecule has 5 heteroatoms. The predicted octanol–water partition coefficient (Wildman–Crippen LogP) is 3.61. The number of rotatable bonds is 2. The Morgan fingerprint density at radius 2 is 1.73 bits per heavy atom. The Labute approximate surface area is 102 Å². The molecule has 0 aliphatic heterocycles. The van der Waals surface area contributed by atoms with Gasteiger partial charge in [0.1, 0.15) is 0 Å². The summed E-state index contributed by atoms with van der Waals surface area (Å²) in [6.45, 7) is 0. The lowest BCUT2D eigenvalue weighted by molar-refractivity contribution is -0.131. The number of carboxylic acids is 1. The van der Waals surface area contributed by atoms with Crippen LogP contribution in [0.25, 0.3) is 6.08 Å². The molecule has 1 N–H and O–H groups in total. The molecule has 0 radical (unpaired) electrons. The van der Waals surface area contributed by atoms with Crippen LogP contribution in [0, 0.1) is 0 Å². The fourth-order valence-corrected chi connectivity index (χ4v) is 1.33. The van der Waals surface area contributed by atoms with Gasteiger partial charge in [-0.15, -0.1) is 0 Å². The second-order valence-corrected chi connectivity index (χ2v) is 5.07. The maximum atomic E-state index is 10.2. The first-order valence-corrected chi connectivity index (χ1v) is 5.11. The van der Waals surface area contributed by atoms with E-state index in [0.29, 0.717) is 5.56 Å². The van der Waals surface area contributed by atoms with Gasteiger partial charge in [0.15, 0.2) is 0 Å². The highest BCUT2D eigenvalue weighted by Gasteiger charge is 2.21. The van der Waals surface area contributed by atoms with Crippen LogP contribution in [-0.2, 0) is 8.59 Å². The highest BCUT2D eigenvalue weighted by atomic mass is 35.6. The van der Waals surface area contributed by atoms with Crippen molar-refractivity contribution in [1.82, 2.24) is 0 Å². The molecular formula is C10H7Cl3O2. The maximum Gasteiger partial charge on any atom is 0.328 e. The molecule has 1 aromatic rings. The third-order valence-corrected chi connectivity index (χ3v) is 2.31. The summed E-state index contributed by atoms with van der Waals surface area (Å²) in [5.41, 5.74) is 1.27. The van der Waals surface area contributed by atoms with Gasteiger partial charge >= 0.3 is 5.97 Å². The average molecular weight is 266 g/mol. The van der Waals surface area contributed by atoms with E-state index in [-0.39, 0.29) is 0 Å². The van der Waals surface area contributed by atoms with Crippen molar-refractivity contribution in [1.29, 1.82) is 0 Å². The molecule has 0 fully saturated rings. The molecule has 80 valence electrons. The molecule has 0 aliphatic carbocycles. The number of carbonyl (C=O) groups is 1. The van der Waals surface area contributed by atoms with Gasteiger partial charge in [-0.1, -0.05) is 59.1 Å². The molecule has 1 rings (SSSR count). The van der Waals surface area contributed by atoms with Crippen LogP contribution in [0.2, 0.25) is 0 Å². The molecule has 2 nitrogen and oxygen atoms in total. The van der Waals surface area contributed by atoms with E-state index in [4.69, 9.17) is 39.9 Å². The Morgan fingerprint density at radius 1 is 1.20 bits per heavy atom. The van der Waals surface area contributed by atoms with Crippen molar-refractivity contribution in [3.8, 4) is 0 Å². The first kappa shape index (κ1) is 12.4. The van der Waals surface area contributed by atoms with Gasteiger partial charge in [0, 0.05) is 11.6 Å². The summed E-state index contributed by atoms with van der Waals surface area (Å²) in [5, 5.41) is 8.41. The summed E-state index contributed by atoms with van der Waals surface area (Å²) in [7, 11) is 0. The maximum absolute atomic E-state index is 10.2. The summed E-state index contributed by atoms with van der Waals surface area (Å²) in [6, 6.07) is 6.62. The zero-order valence-electron chi connectivity index (χ0n) is 7.45. The first-order valence-electron chi connectivity index (χ1n) is 3.98. The van der Waals surface area contributed by atoms with Crippen LogP contribution in [-0.4, -0.2) is 11.1 Å². The third-order valence-electron chi connectivity index (χ3n) is 1.66. The Hall–Kier alpha value is -0.700. The van der Waals surface area contributed by atoms with Crippen LogP contribution in [0.5, 0.6) is 0 Å². The van der Waals surface area contributed by atoms with E-state index in [1.807, 2.05) is 0 Å². The molecule has 0 amide bonds. The van der Waals surface area contributed by atoms with Crippen LogP contribution in [0.4, 0.5) is 0 Å². The van der Waals surface area contributed by atoms with Crippen molar-refractivity contribution >= 4 is 46.8 Å². The van der Waals surface area contributed by atoms with Crippen molar-refractivity contribution in [2.45, 2.75) is 3.79 Å². The largest absolute Gasteiger partial charge is 0.478 e. The van der Waals surface area contributed by atoms with Crippen LogP contribution < -0.4 is 0 Å². The molecule has 0 unspecified atom stereocenters. The van der Waals surface area contributed by atoms with Crippen molar-refractivity contribution in [3.05, 3.63) is 41.5 Å². The Bertz CT molecular complexity index is 377. The van der Waals surface area contributed by atoms with Gasteiger partial charge in [-0.05, 0) is 11.6 Å². The lowest BCUT2D eigenvalue weighted by Gasteiger charge is -2.10. The van der Waals surface area contributed by atoms with Crippen molar-refractivity contribution in [3.63, 3.8) is 0 Å². The number of aliphatic carboxylic acids is 1. The fourth-order valence-electron chi connectivity index (χ4n) is 0.951. The summed E-state index contributed by atoms with van der Waals surface area (Å²) >= 11 is 17.0. The minimum Gasteiger partial charge on any atom is -0.478 e. The first-order chi connectivity index (χ1) is 6.89. The van der Waals surface area contributed by atoms with Crippen molar-refractivity contribution in [2.24, 2.45) is 0 Å². The number of hydrogen-bond donors (Lipinski definition) is 1. The van der Waals surface area contributed by atoms with E-state index in [0.717, 1.165) is 11.6 Å². The summed E-state index contributed by atoms with van der Waals surface area (Å²) in [4.78, 5) is 10.2. The third kappa shape index (κ3) is 4.12. The van der Waals surface area contributed by atoms with Gasteiger partial charge < -0.3 is 5.11 Å². The van der Waals surface area contributed by atoms with Crippen LogP contribution in [0.15, 0.2) is 30.3 Å². The Balaban J connectivity index is 2.86. The van der Waals surface area contributed by atoms with Gasteiger partial charge in [0.25, 0.3) is 0 Å². The zero-order chi connectivity index (χ0) is 11.5. The minimum absolute atomic E-state index is 0.542. The molecule has 0 atom stereocenters. The quantitative estimate of drug-likeness (QED) is 0.655. The van der Waals surface area contributed by atoms with Crippen molar-refractivity contribution in [2.75, 3.05) is 0 Å². The predicted molar refractivity (Wildman–Crippen MR) is 62.3 cm³/mol. The number of carboxylic acid groups (broad SMARTS) is 1. The van der Waals surface area contributed by atoms with E-state index in [2.05, 4.69) is 0 Å². The number of benzene rings is 1. The van der Waals surface area contributed by atoms with Crippen molar-refractivity contribution < 1.29 is 9.90 Å². The second-order valence-electron chi connectivity index (χ2n) is 2.79. The van der Waals surface area contributed by atoms with Gasteiger partial charge in [-0.2, -0.15) is 0 Å². The topological polar surface area (TPSA) is 37.3 Å². The van der Waals surface area contributed by atoms with Gasteiger partial charge in [-0.25, -0.2) is 4.79 Å². The lowest BCUT2D eigenvalue weighted by Crippen LogP contribution is -1.99. The number of halogens is 3. The van der Waals surface area contributed by atoms with E-state index in [1.54, 1.807) is 24.3 Å². The zero-order valence-corrected chi connectivity index (χ0v) is 9.72. The summed E-state index contributed by atoms with van der Waals surface area (Å²) in [5.74, 6) is -1.000. The number of alkyl halides is 3. The van der Waals surface area contributed by atoms with E-state index in [1.165, 1.54) is 6.08 Å². The Morgan fingerprint density at radius 3 is 2.13 bits per heavy atom. The van der Waals surface area contributed by atoms with Crippen LogP contribution >= 0.6 is 34.8 Å². The van der Waals surface area contributed by atoms with Crippen LogP contribution in [0.1, 0.15) is 11.1 Å². The normalized spacial score (nSPS) is 11.9. The lowest BCUT2D eigenvalue weighted by atomic mass is 10.1. The highest BCUT2D eigenvalue weighted by Crippen LogP contribution is 2.37. The molecule has 0 saturated heterocycles.